The lowest BCUT2D eigenvalue weighted by molar-refractivity contribution is -0.137. The summed E-state index contributed by atoms with van der Waals surface area (Å²) in [5, 5.41) is 12.2. The fourth-order valence-electron chi connectivity index (χ4n) is 2.41. The first-order chi connectivity index (χ1) is 9.06. The Labute approximate surface area is 121 Å². The smallest absolute Gasteiger partial charge is 0.303 e. The van der Waals surface area contributed by atoms with E-state index >= 15 is 0 Å². The van der Waals surface area contributed by atoms with Gasteiger partial charge in [0.05, 0.1) is 0 Å². The molecule has 2 N–H and O–H groups in total. The topological polar surface area (TPSA) is 52.6 Å². The van der Waals surface area contributed by atoms with Gasteiger partial charge in [0.15, 0.2) is 0 Å². The molecule has 4 nitrogen and oxygen atoms in total. The lowest BCUT2D eigenvalue weighted by Crippen LogP contribution is -2.55. The second kappa shape index (κ2) is 6.39. The van der Waals surface area contributed by atoms with Gasteiger partial charge in [-0.2, -0.15) is 0 Å². The number of benzene rings is 1. The van der Waals surface area contributed by atoms with Crippen LogP contribution in [0.25, 0.3) is 0 Å². The maximum atomic E-state index is 10.6. The maximum Gasteiger partial charge on any atom is 0.303 e. The molecular weight excluding hydrogens is 308 g/mol. The fourth-order valence-corrected chi connectivity index (χ4v) is 2.68. The number of rotatable bonds is 4. The molecule has 1 aromatic carbocycles. The molecule has 0 amide bonds. The number of nitrogens with zero attached hydrogens (tertiary/aromatic N) is 1. The summed E-state index contributed by atoms with van der Waals surface area (Å²) >= 11 is 3.44. The van der Waals surface area contributed by atoms with Crippen molar-refractivity contribution in [2.75, 3.05) is 18.0 Å². The number of carboxylic acid groups (broad SMARTS) is 1. The van der Waals surface area contributed by atoms with Crippen molar-refractivity contribution in [2.45, 2.75) is 31.8 Å². The van der Waals surface area contributed by atoms with Crippen LogP contribution in [0.4, 0.5) is 5.69 Å². The minimum atomic E-state index is -0.726. The number of anilines is 1. The number of carboxylic acids is 1. The van der Waals surface area contributed by atoms with Crippen molar-refractivity contribution in [3.8, 4) is 0 Å². The Balaban J connectivity index is 2.01. The van der Waals surface area contributed by atoms with E-state index < -0.39 is 5.97 Å². The molecule has 1 aromatic rings. The van der Waals surface area contributed by atoms with Crippen LogP contribution in [0, 0.1) is 0 Å². The third kappa shape index (κ3) is 3.94. The van der Waals surface area contributed by atoms with Gasteiger partial charge in [0.1, 0.15) is 0 Å². The standard InChI is InChI=1S/C14H19BrN2O2/c1-10-8-16-12(4-7-14(18)19)9-17(10)13-5-2-11(15)3-6-13/h2-3,5-6,10,12,16H,4,7-9H2,1H3,(H,18,19). The van der Waals surface area contributed by atoms with Crippen LogP contribution in [0.15, 0.2) is 28.7 Å². The molecule has 0 aliphatic carbocycles. The van der Waals surface area contributed by atoms with Gasteiger partial charge in [-0.25, -0.2) is 0 Å². The molecule has 1 aliphatic rings. The monoisotopic (exact) mass is 326 g/mol. The van der Waals surface area contributed by atoms with Crippen LogP contribution >= 0.6 is 15.9 Å². The minimum Gasteiger partial charge on any atom is -0.481 e. The molecule has 0 radical (unpaired) electrons. The van der Waals surface area contributed by atoms with Gasteiger partial charge in [-0.3, -0.25) is 4.79 Å². The number of carbonyl (C=O) groups is 1. The largest absolute Gasteiger partial charge is 0.481 e. The quantitative estimate of drug-likeness (QED) is 0.892. The molecule has 0 saturated carbocycles. The summed E-state index contributed by atoms with van der Waals surface area (Å²) in [6.07, 6.45) is 0.898. The van der Waals surface area contributed by atoms with Gasteiger partial charge in [-0.15, -0.1) is 0 Å². The summed E-state index contributed by atoms with van der Waals surface area (Å²) in [4.78, 5) is 13.0. The van der Waals surface area contributed by atoms with Gasteiger partial charge in [0, 0.05) is 41.8 Å². The molecule has 19 heavy (non-hydrogen) atoms. The summed E-state index contributed by atoms with van der Waals surface area (Å²) in [6, 6.07) is 8.94. The summed E-state index contributed by atoms with van der Waals surface area (Å²) in [5.74, 6) is -0.726. The van der Waals surface area contributed by atoms with E-state index in [2.05, 4.69) is 45.2 Å². The lowest BCUT2D eigenvalue weighted by Gasteiger charge is -2.40. The predicted octanol–water partition coefficient (Wildman–Crippen LogP) is 2.48. The Bertz CT molecular complexity index is 436. The number of hydrogen-bond donors (Lipinski definition) is 2. The molecule has 2 atom stereocenters. The molecule has 1 heterocycles. The van der Waals surface area contributed by atoms with E-state index in [-0.39, 0.29) is 12.5 Å². The molecule has 0 aromatic heterocycles. The van der Waals surface area contributed by atoms with Crippen molar-refractivity contribution in [3.63, 3.8) is 0 Å². The van der Waals surface area contributed by atoms with Gasteiger partial charge in [0.2, 0.25) is 0 Å². The summed E-state index contributed by atoms with van der Waals surface area (Å²) in [7, 11) is 0. The highest BCUT2D eigenvalue weighted by molar-refractivity contribution is 9.10. The lowest BCUT2D eigenvalue weighted by atomic mass is 10.0. The normalized spacial score (nSPS) is 23.4. The van der Waals surface area contributed by atoms with Crippen LogP contribution in [-0.4, -0.2) is 36.2 Å². The highest BCUT2D eigenvalue weighted by atomic mass is 79.9. The molecule has 2 rings (SSSR count). The maximum absolute atomic E-state index is 10.6. The van der Waals surface area contributed by atoms with Gasteiger partial charge in [-0.1, -0.05) is 15.9 Å². The molecule has 0 spiro atoms. The third-order valence-corrected chi connectivity index (χ3v) is 4.04. The zero-order valence-corrected chi connectivity index (χ0v) is 12.6. The average molecular weight is 327 g/mol. The van der Waals surface area contributed by atoms with Gasteiger partial charge < -0.3 is 15.3 Å². The van der Waals surface area contributed by atoms with Crippen molar-refractivity contribution in [1.29, 1.82) is 0 Å². The molecule has 1 saturated heterocycles. The average Bonchev–Trinajstić information content (AvgIpc) is 2.39. The molecular formula is C14H19BrN2O2. The van der Waals surface area contributed by atoms with Crippen LogP contribution in [0.5, 0.6) is 0 Å². The molecule has 1 aliphatic heterocycles. The van der Waals surface area contributed by atoms with E-state index in [1.54, 1.807) is 0 Å². The minimum absolute atomic E-state index is 0.222. The van der Waals surface area contributed by atoms with Crippen molar-refractivity contribution < 1.29 is 9.90 Å². The summed E-state index contributed by atoms with van der Waals surface area (Å²) < 4.78 is 1.07. The van der Waals surface area contributed by atoms with Crippen LogP contribution in [0.1, 0.15) is 19.8 Å². The predicted molar refractivity (Wildman–Crippen MR) is 79.6 cm³/mol. The Morgan fingerprint density at radius 1 is 1.47 bits per heavy atom. The van der Waals surface area contributed by atoms with E-state index in [9.17, 15) is 4.79 Å². The molecule has 2 unspecified atom stereocenters. The van der Waals surface area contributed by atoms with Crippen molar-refractivity contribution in [3.05, 3.63) is 28.7 Å². The van der Waals surface area contributed by atoms with E-state index in [1.165, 1.54) is 5.69 Å². The Morgan fingerprint density at radius 2 is 2.16 bits per heavy atom. The van der Waals surface area contributed by atoms with Crippen LogP contribution < -0.4 is 10.2 Å². The first kappa shape index (κ1) is 14.3. The van der Waals surface area contributed by atoms with Crippen LogP contribution in [0.2, 0.25) is 0 Å². The number of nitrogens with one attached hydrogen (secondary N) is 1. The van der Waals surface area contributed by atoms with Gasteiger partial charge in [-0.05, 0) is 37.6 Å². The second-order valence-corrected chi connectivity index (χ2v) is 5.93. The molecule has 5 heteroatoms. The SMILES string of the molecule is CC1CNC(CCC(=O)O)CN1c1ccc(Br)cc1. The van der Waals surface area contributed by atoms with E-state index in [0.29, 0.717) is 12.5 Å². The molecule has 0 bridgehead atoms. The number of hydrogen-bond acceptors (Lipinski definition) is 3. The van der Waals surface area contributed by atoms with Crippen molar-refractivity contribution >= 4 is 27.6 Å². The fraction of sp³-hybridized carbons (Fsp3) is 0.500. The van der Waals surface area contributed by atoms with Crippen LogP contribution in [0.3, 0.4) is 0 Å². The van der Waals surface area contributed by atoms with Gasteiger partial charge >= 0.3 is 5.97 Å². The highest BCUT2D eigenvalue weighted by Gasteiger charge is 2.25. The summed E-state index contributed by atoms with van der Waals surface area (Å²) in [6.45, 7) is 3.93. The zero-order chi connectivity index (χ0) is 13.8. The van der Waals surface area contributed by atoms with Crippen molar-refractivity contribution in [1.82, 2.24) is 5.32 Å². The molecule has 1 fully saturated rings. The second-order valence-electron chi connectivity index (χ2n) is 5.02. The third-order valence-electron chi connectivity index (χ3n) is 3.52. The highest BCUT2D eigenvalue weighted by Crippen LogP contribution is 2.23. The van der Waals surface area contributed by atoms with E-state index in [0.717, 1.165) is 17.6 Å². The van der Waals surface area contributed by atoms with E-state index in [4.69, 9.17) is 5.11 Å². The Hall–Kier alpha value is -1.07. The van der Waals surface area contributed by atoms with Crippen LogP contribution in [-0.2, 0) is 4.79 Å². The Kier molecular flexibility index (Phi) is 4.82. The summed E-state index contributed by atoms with van der Waals surface area (Å²) in [5.41, 5.74) is 1.19. The van der Waals surface area contributed by atoms with Crippen molar-refractivity contribution in [2.24, 2.45) is 0 Å². The number of aliphatic carboxylic acids is 1. The first-order valence-corrected chi connectivity index (χ1v) is 7.33. The Morgan fingerprint density at radius 3 is 2.79 bits per heavy atom. The molecule has 104 valence electrons. The number of halogens is 1. The number of piperazine rings is 1. The van der Waals surface area contributed by atoms with E-state index in [1.807, 2.05) is 12.1 Å². The first-order valence-electron chi connectivity index (χ1n) is 6.53. The zero-order valence-electron chi connectivity index (χ0n) is 11.0. The van der Waals surface area contributed by atoms with Gasteiger partial charge in [0.25, 0.3) is 0 Å².